The second-order valence-corrected chi connectivity index (χ2v) is 1.55. The molecule has 0 N–H and O–H groups in total. The average molecular weight is 114 g/mol. The van der Waals surface area contributed by atoms with Gasteiger partial charge in [0.2, 0.25) is 0 Å². The molecule has 0 spiro atoms. The first kappa shape index (κ1) is 7.98. The minimum Gasteiger partial charge on any atom is -0.382 e. The maximum absolute atomic E-state index is 5.26. The predicted molar refractivity (Wildman–Crippen MR) is 33.2 cm³/mol. The molecule has 2 nitrogen and oxygen atoms in total. The SMILES string of the molecule is [B]C[C@H](COC)OC. The van der Waals surface area contributed by atoms with E-state index in [0.717, 1.165) is 0 Å². The topological polar surface area (TPSA) is 18.5 Å². The van der Waals surface area contributed by atoms with Gasteiger partial charge in [-0.15, -0.1) is 0 Å². The van der Waals surface area contributed by atoms with Gasteiger partial charge in [-0.25, -0.2) is 0 Å². The van der Waals surface area contributed by atoms with Crippen LogP contribution in [0.5, 0.6) is 0 Å². The maximum Gasteiger partial charge on any atom is 0.0727 e. The molecule has 0 rings (SSSR count). The second-order valence-electron chi connectivity index (χ2n) is 1.55. The molecule has 0 aromatic carbocycles. The molecular formula is C5H11BO2. The molecular weight excluding hydrogens is 103 g/mol. The summed E-state index contributed by atoms with van der Waals surface area (Å²) in [7, 11) is 8.51. The van der Waals surface area contributed by atoms with E-state index in [1.54, 1.807) is 14.2 Å². The van der Waals surface area contributed by atoms with Gasteiger partial charge >= 0.3 is 0 Å². The van der Waals surface area contributed by atoms with E-state index in [1.165, 1.54) is 0 Å². The first-order valence-electron chi connectivity index (χ1n) is 2.57. The number of methoxy groups -OCH3 is 2. The Morgan fingerprint density at radius 1 is 1.50 bits per heavy atom. The zero-order valence-electron chi connectivity index (χ0n) is 5.39. The second kappa shape index (κ2) is 5.13. The van der Waals surface area contributed by atoms with Crippen LogP contribution in [-0.2, 0) is 9.47 Å². The van der Waals surface area contributed by atoms with Crippen LogP contribution in [0.1, 0.15) is 0 Å². The van der Waals surface area contributed by atoms with Crippen molar-refractivity contribution in [2.24, 2.45) is 0 Å². The lowest BCUT2D eigenvalue weighted by Crippen LogP contribution is -2.15. The van der Waals surface area contributed by atoms with Crippen LogP contribution >= 0.6 is 0 Å². The minimum atomic E-state index is 0.0556. The van der Waals surface area contributed by atoms with E-state index in [4.69, 9.17) is 17.3 Å². The van der Waals surface area contributed by atoms with Crippen molar-refractivity contribution in [1.29, 1.82) is 0 Å². The fraction of sp³-hybridized carbons (Fsp3) is 1.00. The van der Waals surface area contributed by atoms with Crippen molar-refractivity contribution in [3.8, 4) is 0 Å². The Labute approximate surface area is 51.6 Å². The number of hydrogen-bond donors (Lipinski definition) is 0. The van der Waals surface area contributed by atoms with Gasteiger partial charge in [-0.2, -0.15) is 0 Å². The molecule has 0 saturated carbocycles. The minimum absolute atomic E-state index is 0.0556. The van der Waals surface area contributed by atoms with Crippen LogP contribution in [0.4, 0.5) is 0 Å². The monoisotopic (exact) mass is 114 g/mol. The normalized spacial score (nSPS) is 13.8. The predicted octanol–water partition coefficient (Wildman–Crippen LogP) is 0.235. The summed E-state index contributed by atoms with van der Waals surface area (Å²) in [5.74, 6) is 0. The molecule has 0 heterocycles. The standard InChI is InChI=1S/C5H11BO2/c1-7-4-5(3-6)8-2/h5H,3-4H2,1-2H3/t5-/m1/s1. The van der Waals surface area contributed by atoms with Gasteiger partial charge in [-0.1, -0.05) is 6.32 Å². The lowest BCUT2D eigenvalue weighted by atomic mass is 10.0. The Morgan fingerprint density at radius 2 is 2.12 bits per heavy atom. The zero-order chi connectivity index (χ0) is 6.41. The molecule has 8 heavy (non-hydrogen) atoms. The third-order valence-corrected chi connectivity index (χ3v) is 0.949. The molecule has 0 aliphatic rings. The fourth-order valence-electron chi connectivity index (χ4n) is 0.418. The highest BCUT2D eigenvalue weighted by molar-refractivity contribution is 6.08. The molecule has 0 amide bonds. The third-order valence-electron chi connectivity index (χ3n) is 0.949. The molecule has 0 unspecified atom stereocenters. The molecule has 0 fully saturated rings. The van der Waals surface area contributed by atoms with E-state index >= 15 is 0 Å². The zero-order valence-corrected chi connectivity index (χ0v) is 5.39. The van der Waals surface area contributed by atoms with Gasteiger partial charge in [0.05, 0.1) is 20.6 Å². The van der Waals surface area contributed by atoms with E-state index in [9.17, 15) is 0 Å². The van der Waals surface area contributed by atoms with Crippen molar-refractivity contribution in [2.45, 2.75) is 12.4 Å². The number of ether oxygens (including phenoxy) is 2. The maximum atomic E-state index is 5.26. The van der Waals surface area contributed by atoms with Crippen LogP contribution in [0.25, 0.3) is 0 Å². The highest BCUT2D eigenvalue weighted by atomic mass is 16.5. The van der Waals surface area contributed by atoms with Crippen LogP contribution in [0.3, 0.4) is 0 Å². The van der Waals surface area contributed by atoms with Gasteiger partial charge in [-0.3, -0.25) is 0 Å². The summed E-state index contributed by atoms with van der Waals surface area (Å²) in [4.78, 5) is 0. The van der Waals surface area contributed by atoms with Gasteiger partial charge in [0.25, 0.3) is 0 Å². The lowest BCUT2D eigenvalue weighted by molar-refractivity contribution is 0.0406. The first-order chi connectivity index (χ1) is 3.85. The smallest absolute Gasteiger partial charge is 0.0727 e. The van der Waals surface area contributed by atoms with E-state index < -0.39 is 0 Å². The molecule has 1 atom stereocenters. The molecule has 0 saturated heterocycles. The van der Waals surface area contributed by atoms with Crippen molar-refractivity contribution < 1.29 is 9.47 Å². The van der Waals surface area contributed by atoms with Crippen molar-refractivity contribution in [3.63, 3.8) is 0 Å². The van der Waals surface area contributed by atoms with Crippen LogP contribution in [-0.4, -0.2) is 34.8 Å². The molecule has 0 bridgehead atoms. The van der Waals surface area contributed by atoms with Crippen LogP contribution in [0.2, 0.25) is 6.32 Å². The van der Waals surface area contributed by atoms with E-state index in [-0.39, 0.29) is 6.10 Å². The molecule has 0 aliphatic heterocycles. The molecule has 0 aromatic heterocycles. The summed E-state index contributed by atoms with van der Waals surface area (Å²) < 4.78 is 9.67. The fourth-order valence-corrected chi connectivity index (χ4v) is 0.418. The Bertz CT molecular complexity index is 45.7. The van der Waals surface area contributed by atoms with E-state index in [0.29, 0.717) is 12.9 Å². The summed E-state index contributed by atoms with van der Waals surface area (Å²) in [6, 6.07) is 0. The Balaban J connectivity index is 3.07. The van der Waals surface area contributed by atoms with Crippen molar-refractivity contribution in [3.05, 3.63) is 0 Å². The first-order valence-corrected chi connectivity index (χ1v) is 2.57. The quantitative estimate of drug-likeness (QED) is 0.487. The molecule has 3 heteroatoms. The summed E-state index contributed by atoms with van der Waals surface area (Å²) in [5.41, 5.74) is 0. The summed E-state index contributed by atoms with van der Waals surface area (Å²) in [6.07, 6.45) is 0.574. The van der Waals surface area contributed by atoms with Crippen LogP contribution in [0.15, 0.2) is 0 Å². The summed E-state index contributed by atoms with van der Waals surface area (Å²) in [5, 5.41) is 0. The molecule has 46 valence electrons. The average Bonchev–Trinajstić information content (AvgIpc) is 1.83. The molecule has 2 radical (unpaired) electrons. The van der Waals surface area contributed by atoms with Gasteiger partial charge < -0.3 is 9.47 Å². The van der Waals surface area contributed by atoms with Gasteiger partial charge in [0.15, 0.2) is 0 Å². The van der Waals surface area contributed by atoms with E-state index in [2.05, 4.69) is 0 Å². The highest BCUT2D eigenvalue weighted by Gasteiger charge is 1.99. The Hall–Kier alpha value is -0.0151. The van der Waals surface area contributed by atoms with Gasteiger partial charge in [0.1, 0.15) is 0 Å². The third kappa shape index (κ3) is 3.05. The van der Waals surface area contributed by atoms with Crippen molar-refractivity contribution >= 4 is 7.85 Å². The Morgan fingerprint density at radius 3 is 2.25 bits per heavy atom. The number of hydrogen-bond acceptors (Lipinski definition) is 2. The summed E-state index contributed by atoms with van der Waals surface area (Å²) >= 11 is 0. The van der Waals surface area contributed by atoms with Gasteiger partial charge in [0, 0.05) is 14.2 Å². The summed E-state index contributed by atoms with van der Waals surface area (Å²) in [6.45, 7) is 0.576. The van der Waals surface area contributed by atoms with Crippen LogP contribution in [0, 0.1) is 0 Å². The lowest BCUT2D eigenvalue weighted by Gasteiger charge is -2.10. The van der Waals surface area contributed by atoms with Gasteiger partial charge in [-0.05, 0) is 0 Å². The van der Waals surface area contributed by atoms with Crippen molar-refractivity contribution in [2.75, 3.05) is 20.8 Å². The molecule has 0 aromatic rings. The number of rotatable bonds is 4. The van der Waals surface area contributed by atoms with E-state index in [1.807, 2.05) is 0 Å². The van der Waals surface area contributed by atoms with Crippen molar-refractivity contribution in [1.82, 2.24) is 0 Å². The van der Waals surface area contributed by atoms with Crippen LogP contribution < -0.4 is 0 Å². The highest BCUT2D eigenvalue weighted by Crippen LogP contribution is 1.92. The Kier molecular flexibility index (Phi) is 5.12. The largest absolute Gasteiger partial charge is 0.382 e. The molecule has 0 aliphatic carbocycles.